The summed E-state index contributed by atoms with van der Waals surface area (Å²) in [6.07, 6.45) is 10.5. The van der Waals surface area contributed by atoms with E-state index in [0.29, 0.717) is 11.8 Å². The molecule has 5 rings (SSSR count). The standard InChI is InChI=1S/C22H23N7S2/c1-3-4-5-14(2)30-21-18-19(25-12-26-21)27-13-29(18)11-15-6-7-17-16(10-15)28-20-22(31-17)24-9-8-23-20/h6-10,12-14H,3-5,11H2,1-2H3,(H,23,28). The summed E-state index contributed by atoms with van der Waals surface area (Å²) in [5, 5.41) is 5.82. The van der Waals surface area contributed by atoms with Crippen molar-refractivity contribution in [3.8, 4) is 0 Å². The van der Waals surface area contributed by atoms with Gasteiger partial charge in [0.25, 0.3) is 0 Å². The van der Waals surface area contributed by atoms with E-state index in [0.717, 1.165) is 37.6 Å². The molecule has 1 N–H and O–H groups in total. The Labute approximate surface area is 189 Å². The van der Waals surface area contributed by atoms with Crippen molar-refractivity contribution in [1.29, 1.82) is 0 Å². The Balaban J connectivity index is 1.41. The number of benzene rings is 1. The lowest BCUT2D eigenvalue weighted by Gasteiger charge is -2.19. The van der Waals surface area contributed by atoms with E-state index >= 15 is 0 Å². The van der Waals surface area contributed by atoms with Gasteiger partial charge in [-0.2, -0.15) is 0 Å². The summed E-state index contributed by atoms with van der Waals surface area (Å²) in [5.74, 6) is 0.804. The quantitative estimate of drug-likeness (QED) is 0.256. The van der Waals surface area contributed by atoms with Crippen LogP contribution in [-0.2, 0) is 6.54 Å². The number of hydrogen-bond donors (Lipinski definition) is 1. The third kappa shape index (κ3) is 4.24. The molecule has 1 unspecified atom stereocenters. The maximum atomic E-state index is 4.58. The first kappa shape index (κ1) is 20.3. The smallest absolute Gasteiger partial charge is 0.181 e. The molecule has 0 saturated carbocycles. The van der Waals surface area contributed by atoms with Crippen LogP contribution in [0.2, 0.25) is 0 Å². The number of nitrogens with zero attached hydrogens (tertiary/aromatic N) is 6. The average molecular weight is 450 g/mol. The highest BCUT2D eigenvalue weighted by molar-refractivity contribution is 8.00. The second kappa shape index (κ2) is 8.84. The monoisotopic (exact) mass is 449 g/mol. The van der Waals surface area contributed by atoms with Crippen molar-refractivity contribution in [2.45, 2.75) is 59.9 Å². The molecular weight excluding hydrogens is 426 g/mol. The maximum absolute atomic E-state index is 4.58. The molecule has 0 radical (unpaired) electrons. The van der Waals surface area contributed by atoms with Gasteiger partial charge in [0.1, 0.15) is 21.9 Å². The van der Waals surface area contributed by atoms with Gasteiger partial charge in [0.2, 0.25) is 0 Å². The minimum atomic E-state index is 0.507. The average Bonchev–Trinajstić information content (AvgIpc) is 3.20. The van der Waals surface area contributed by atoms with Crippen LogP contribution in [0.4, 0.5) is 11.5 Å². The van der Waals surface area contributed by atoms with Gasteiger partial charge in [0.15, 0.2) is 11.5 Å². The number of imidazole rings is 1. The molecule has 1 aromatic carbocycles. The van der Waals surface area contributed by atoms with E-state index in [4.69, 9.17) is 0 Å². The van der Waals surface area contributed by atoms with Crippen LogP contribution < -0.4 is 5.32 Å². The highest BCUT2D eigenvalue weighted by Gasteiger charge is 2.19. The fourth-order valence-corrected chi connectivity index (χ4v) is 5.58. The van der Waals surface area contributed by atoms with E-state index in [2.05, 4.69) is 66.9 Å². The summed E-state index contributed by atoms with van der Waals surface area (Å²) in [5.41, 5.74) is 3.99. The van der Waals surface area contributed by atoms with Crippen LogP contribution in [0.15, 0.2) is 58.2 Å². The largest absolute Gasteiger partial charge is 0.337 e. The van der Waals surface area contributed by atoms with Gasteiger partial charge in [-0.05, 0) is 24.1 Å². The third-order valence-corrected chi connectivity index (χ3v) is 7.40. The predicted octanol–water partition coefficient (Wildman–Crippen LogP) is 5.54. The Morgan fingerprint density at radius 2 is 2.03 bits per heavy atom. The van der Waals surface area contributed by atoms with Crippen LogP contribution in [0.1, 0.15) is 38.7 Å². The number of hydrogen-bond acceptors (Lipinski definition) is 8. The topological polar surface area (TPSA) is 81.4 Å². The van der Waals surface area contributed by atoms with Crippen LogP contribution in [0.5, 0.6) is 0 Å². The first-order valence-electron chi connectivity index (χ1n) is 10.4. The molecule has 0 bridgehead atoms. The number of unbranched alkanes of at least 4 members (excludes halogenated alkanes) is 1. The van der Waals surface area contributed by atoms with Gasteiger partial charge in [-0.25, -0.2) is 24.9 Å². The van der Waals surface area contributed by atoms with E-state index in [1.54, 1.807) is 30.5 Å². The SMILES string of the molecule is CCCCC(C)Sc1ncnc2ncn(Cc3ccc4c(c3)Nc3nccnc3S4)c12. The number of fused-ring (bicyclic) bond motifs is 3. The zero-order chi connectivity index (χ0) is 21.2. The zero-order valence-electron chi connectivity index (χ0n) is 17.4. The Hall–Kier alpha value is -2.65. The number of anilines is 2. The van der Waals surface area contributed by atoms with Crippen LogP contribution >= 0.6 is 23.5 Å². The molecule has 0 aliphatic carbocycles. The van der Waals surface area contributed by atoms with Crippen molar-refractivity contribution >= 4 is 46.2 Å². The van der Waals surface area contributed by atoms with Gasteiger partial charge in [-0.1, -0.05) is 44.5 Å². The van der Waals surface area contributed by atoms with Gasteiger partial charge in [-0.15, -0.1) is 11.8 Å². The van der Waals surface area contributed by atoms with Crippen molar-refractivity contribution < 1.29 is 0 Å². The van der Waals surface area contributed by atoms with Gasteiger partial charge in [0.05, 0.1) is 12.0 Å². The lowest BCUT2D eigenvalue weighted by molar-refractivity contribution is 0.712. The second-order valence-corrected chi connectivity index (χ2v) is 10.0. The lowest BCUT2D eigenvalue weighted by Crippen LogP contribution is -2.06. The highest BCUT2D eigenvalue weighted by Crippen LogP contribution is 2.42. The molecular formula is C22H23N7S2. The zero-order valence-corrected chi connectivity index (χ0v) is 19.1. The lowest BCUT2D eigenvalue weighted by atomic mass is 10.2. The predicted molar refractivity (Wildman–Crippen MR) is 125 cm³/mol. The molecule has 3 aromatic heterocycles. The minimum absolute atomic E-state index is 0.507. The van der Waals surface area contributed by atoms with Crippen molar-refractivity contribution in [3.63, 3.8) is 0 Å². The first-order chi connectivity index (χ1) is 15.2. The second-order valence-electron chi connectivity index (χ2n) is 7.56. The summed E-state index contributed by atoms with van der Waals surface area (Å²) in [4.78, 5) is 23.4. The third-order valence-electron chi connectivity index (χ3n) is 5.17. The summed E-state index contributed by atoms with van der Waals surface area (Å²) in [7, 11) is 0. The normalized spacial score (nSPS) is 13.5. The fourth-order valence-electron chi connectivity index (χ4n) is 3.61. The van der Waals surface area contributed by atoms with Crippen molar-refractivity contribution in [1.82, 2.24) is 29.5 Å². The number of aromatic nitrogens is 6. The summed E-state index contributed by atoms with van der Waals surface area (Å²) in [6, 6.07) is 6.46. The highest BCUT2D eigenvalue weighted by atomic mass is 32.2. The summed E-state index contributed by atoms with van der Waals surface area (Å²) >= 11 is 3.45. The molecule has 1 atom stereocenters. The molecule has 0 spiro atoms. The van der Waals surface area contributed by atoms with E-state index < -0.39 is 0 Å². The fraction of sp³-hybridized carbons (Fsp3) is 0.318. The number of thioether (sulfide) groups is 1. The Kier molecular flexibility index (Phi) is 5.78. The van der Waals surface area contributed by atoms with E-state index in [1.807, 2.05) is 18.1 Å². The van der Waals surface area contributed by atoms with Crippen molar-refractivity contribution in [3.05, 3.63) is 48.8 Å². The van der Waals surface area contributed by atoms with Gasteiger partial charge >= 0.3 is 0 Å². The van der Waals surface area contributed by atoms with E-state index in [9.17, 15) is 0 Å². The Bertz CT molecular complexity index is 1220. The molecule has 0 amide bonds. The molecule has 158 valence electrons. The van der Waals surface area contributed by atoms with Crippen molar-refractivity contribution in [2.75, 3.05) is 5.32 Å². The van der Waals surface area contributed by atoms with Crippen LogP contribution in [-0.4, -0.2) is 34.7 Å². The molecule has 0 saturated heterocycles. The van der Waals surface area contributed by atoms with Crippen LogP contribution in [0.25, 0.3) is 11.2 Å². The minimum Gasteiger partial charge on any atom is -0.337 e. The van der Waals surface area contributed by atoms with Crippen molar-refractivity contribution in [2.24, 2.45) is 0 Å². The Morgan fingerprint density at radius 3 is 2.94 bits per heavy atom. The molecule has 4 heterocycles. The van der Waals surface area contributed by atoms with Gasteiger partial charge < -0.3 is 9.88 Å². The van der Waals surface area contributed by atoms with Crippen LogP contribution in [0.3, 0.4) is 0 Å². The molecule has 0 fully saturated rings. The summed E-state index contributed by atoms with van der Waals surface area (Å²) in [6.45, 7) is 5.20. The molecule has 31 heavy (non-hydrogen) atoms. The first-order valence-corrected chi connectivity index (χ1v) is 12.1. The summed E-state index contributed by atoms with van der Waals surface area (Å²) < 4.78 is 2.15. The molecule has 1 aliphatic heterocycles. The Morgan fingerprint density at radius 1 is 1.13 bits per heavy atom. The van der Waals surface area contributed by atoms with Gasteiger partial charge in [-0.3, -0.25) is 0 Å². The van der Waals surface area contributed by atoms with E-state index in [-0.39, 0.29) is 0 Å². The van der Waals surface area contributed by atoms with Gasteiger partial charge in [0, 0.05) is 29.1 Å². The van der Waals surface area contributed by atoms with E-state index in [1.165, 1.54) is 24.8 Å². The molecule has 9 heteroatoms. The molecule has 1 aliphatic rings. The van der Waals surface area contributed by atoms with Crippen LogP contribution in [0, 0.1) is 0 Å². The number of rotatable bonds is 7. The molecule has 7 nitrogen and oxygen atoms in total. The maximum Gasteiger partial charge on any atom is 0.181 e. The number of nitrogens with one attached hydrogen (secondary N) is 1. The molecule has 4 aromatic rings.